The Morgan fingerprint density at radius 2 is 1.67 bits per heavy atom. The zero-order chi connectivity index (χ0) is 33.7. The second-order valence-electron chi connectivity index (χ2n) is 13.1. The van der Waals surface area contributed by atoms with Gasteiger partial charge in [0.05, 0.1) is 43.2 Å². The molecule has 1 aromatic rings. The minimum atomic E-state index is -0.547. The number of nitrogens with one attached hydrogen (secondary N) is 2. The standard InChI is InChI=1S/C35H58N4O6/c1-10-24(4)33(38(7)32(42)22-36-30(40)19-23(2)3)29(44-8)21-31(41)39-18-14-17-28(39)34(45-9)26(6)35(43)37-25(5)20-27-15-12-11-13-16-27/h11-13,15-16,23-26,28-29,33-34H,10,14,17-22H2,1-9H3,(H,36,40)(H,37,43)/t24?,25-,26?,28+,29?,33?,34-/m1/s1. The molecule has 0 saturated carbocycles. The first kappa shape index (κ1) is 38.2. The highest BCUT2D eigenvalue weighted by Crippen LogP contribution is 2.29. The fourth-order valence-corrected chi connectivity index (χ4v) is 6.46. The fraction of sp³-hybridized carbons (Fsp3) is 0.714. The summed E-state index contributed by atoms with van der Waals surface area (Å²) in [6, 6.07) is 9.38. The number of ether oxygens (including phenoxy) is 2. The second-order valence-corrected chi connectivity index (χ2v) is 13.1. The average molecular weight is 631 g/mol. The van der Waals surface area contributed by atoms with Crippen molar-refractivity contribution in [1.29, 1.82) is 0 Å². The van der Waals surface area contributed by atoms with Crippen LogP contribution in [0.1, 0.15) is 79.2 Å². The second kappa shape index (κ2) is 18.9. The van der Waals surface area contributed by atoms with Gasteiger partial charge in [-0.2, -0.15) is 0 Å². The number of methoxy groups -OCH3 is 2. The van der Waals surface area contributed by atoms with Crippen molar-refractivity contribution in [1.82, 2.24) is 20.4 Å². The number of carbonyl (C=O) groups excluding carboxylic acids is 4. The predicted octanol–water partition coefficient (Wildman–Crippen LogP) is 3.82. The molecule has 0 bridgehead atoms. The zero-order valence-electron chi connectivity index (χ0n) is 29.0. The lowest BCUT2D eigenvalue weighted by Gasteiger charge is -2.39. The van der Waals surface area contributed by atoms with Gasteiger partial charge >= 0.3 is 0 Å². The van der Waals surface area contributed by atoms with Crippen LogP contribution in [0.15, 0.2) is 30.3 Å². The summed E-state index contributed by atoms with van der Waals surface area (Å²) in [4.78, 5) is 56.0. The summed E-state index contributed by atoms with van der Waals surface area (Å²) >= 11 is 0. The quantitative estimate of drug-likeness (QED) is 0.255. The molecule has 1 heterocycles. The first-order valence-corrected chi connectivity index (χ1v) is 16.6. The Bertz CT molecular complexity index is 1080. The van der Waals surface area contributed by atoms with E-state index in [4.69, 9.17) is 9.47 Å². The Balaban J connectivity index is 2.11. The molecule has 1 aliphatic heterocycles. The minimum Gasteiger partial charge on any atom is -0.379 e. The molecule has 2 rings (SSSR count). The van der Waals surface area contributed by atoms with Gasteiger partial charge < -0.3 is 29.9 Å². The lowest BCUT2D eigenvalue weighted by molar-refractivity contribution is -0.145. The summed E-state index contributed by atoms with van der Waals surface area (Å²) < 4.78 is 11.8. The van der Waals surface area contributed by atoms with E-state index in [1.54, 1.807) is 26.2 Å². The number of hydrogen-bond acceptors (Lipinski definition) is 6. The van der Waals surface area contributed by atoms with Gasteiger partial charge in [-0.3, -0.25) is 19.2 Å². The predicted molar refractivity (Wildman–Crippen MR) is 176 cm³/mol. The van der Waals surface area contributed by atoms with Crippen LogP contribution in [-0.4, -0.2) is 98.1 Å². The molecule has 4 amide bonds. The van der Waals surface area contributed by atoms with Gasteiger partial charge in [-0.1, -0.05) is 71.4 Å². The van der Waals surface area contributed by atoms with Crippen molar-refractivity contribution in [2.75, 3.05) is 34.4 Å². The van der Waals surface area contributed by atoms with Crippen LogP contribution >= 0.6 is 0 Å². The summed E-state index contributed by atoms with van der Waals surface area (Å²) in [5, 5.41) is 5.85. The molecule has 4 unspecified atom stereocenters. The van der Waals surface area contributed by atoms with Crippen LogP contribution in [-0.2, 0) is 35.1 Å². The summed E-state index contributed by atoms with van der Waals surface area (Å²) in [6.45, 7) is 12.3. The summed E-state index contributed by atoms with van der Waals surface area (Å²) in [7, 11) is 4.88. The average Bonchev–Trinajstić information content (AvgIpc) is 3.49. The Kier molecular flexibility index (Phi) is 16.0. The third-order valence-electron chi connectivity index (χ3n) is 9.11. The van der Waals surface area contributed by atoms with Gasteiger partial charge in [-0.15, -0.1) is 0 Å². The molecule has 2 N–H and O–H groups in total. The largest absolute Gasteiger partial charge is 0.379 e. The zero-order valence-corrected chi connectivity index (χ0v) is 29.0. The fourth-order valence-electron chi connectivity index (χ4n) is 6.46. The van der Waals surface area contributed by atoms with Crippen LogP contribution < -0.4 is 10.6 Å². The van der Waals surface area contributed by atoms with Crippen molar-refractivity contribution in [2.45, 2.75) is 110 Å². The van der Waals surface area contributed by atoms with Crippen LogP contribution in [0, 0.1) is 17.8 Å². The molecule has 1 fully saturated rings. The number of rotatable bonds is 18. The van der Waals surface area contributed by atoms with Crippen molar-refractivity contribution in [3.8, 4) is 0 Å². The van der Waals surface area contributed by atoms with E-state index in [1.165, 1.54) is 0 Å². The lowest BCUT2D eigenvalue weighted by Crippen LogP contribution is -2.54. The van der Waals surface area contributed by atoms with E-state index in [0.717, 1.165) is 31.2 Å². The number of likely N-dealkylation sites (tertiary alicyclic amines) is 1. The molecule has 10 nitrogen and oxygen atoms in total. The molecule has 10 heteroatoms. The van der Waals surface area contributed by atoms with E-state index in [0.29, 0.717) is 13.0 Å². The van der Waals surface area contributed by atoms with Crippen LogP contribution in [0.3, 0.4) is 0 Å². The Hall–Kier alpha value is -2.98. The van der Waals surface area contributed by atoms with Crippen LogP contribution in [0.2, 0.25) is 0 Å². The number of carbonyl (C=O) groups is 4. The van der Waals surface area contributed by atoms with Crippen molar-refractivity contribution >= 4 is 23.6 Å². The van der Waals surface area contributed by atoms with E-state index < -0.39 is 18.1 Å². The number of amides is 4. The van der Waals surface area contributed by atoms with Crippen LogP contribution in [0.4, 0.5) is 0 Å². The molecular weight excluding hydrogens is 572 g/mol. The Labute approximate surface area is 271 Å². The number of likely N-dealkylation sites (N-methyl/N-ethyl adjacent to an activating group) is 1. The maximum Gasteiger partial charge on any atom is 0.242 e. The molecular formula is C35H58N4O6. The number of benzene rings is 1. The molecule has 1 aliphatic rings. The summed E-state index contributed by atoms with van der Waals surface area (Å²) in [5.41, 5.74) is 1.15. The molecule has 0 aromatic heterocycles. The highest BCUT2D eigenvalue weighted by molar-refractivity contribution is 5.85. The van der Waals surface area contributed by atoms with Gasteiger partial charge in [-0.25, -0.2) is 0 Å². The highest BCUT2D eigenvalue weighted by atomic mass is 16.5. The first-order chi connectivity index (χ1) is 21.3. The Morgan fingerprint density at radius 3 is 2.24 bits per heavy atom. The van der Waals surface area contributed by atoms with Crippen molar-refractivity contribution in [2.24, 2.45) is 17.8 Å². The molecule has 0 spiro atoms. The van der Waals surface area contributed by atoms with E-state index in [9.17, 15) is 19.2 Å². The maximum atomic E-state index is 13.9. The molecule has 1 saturated heterocycles. The molecule has 1 aromatic carbocycles. The molecule has 254 valence electrons. The van der Waals surface area contributed by atoms with Crippen LogP contribution in [0.25, 0.3) is 0 Å². The minimum absolute atomic E-state index is 0.0470. The van der Waals surface area contributed by atoms with E-state index in [2.05, 4.69) is 10.6 Å². The third kappa shape index (κ3) is 11.4. The van der Waals surface area contributed by atoms with Crippen molar-refractivity contribution in [3.05, 3.63) is 35.9 Å². The summed E-state index contributed by atoms with van der Waals surface area (Å²) in [5.74, 6) is -0.800. The van der Waals surface area contributed by atoms with Crippen molar-refractivity contribution in [3.63, 3.8) is 0 Å². The van der Waals surface area contributed by atoms with Gasteiger partial charge in [0.25, 0.3) is 0 Å². The normalized spacial score (nSPS) is 18.9. The third-order valence-corrected chi connectivity index (χ3v) is 9.11. The van der Waals surface area contributed by atoms with Gasteiger partial charge in [0, 0.05) is 40.3 Å². The van der Waals surface area contributed by atoms with E-state index in [-0.39, 0.29) is 66.6 Å². The molecule has 0 aliphatic carbocycles. The first-order valence-electron chi connectivity index (χ1n) is 16.6. The molecule has 0 radical (unpaired) electrons. The monoisotopic (exact) mass is 630 g/mol. The Morgan fingerprint density at radius 1 is 1.00 bits per heavy atom. The van der Waals surface area contributed by atoms with Gasteiger partial charge in [-0.05, 0) is 43.6 Å². The topological polar surface area (TPSA) is 117 Å². The molecule has 45 heavy (non-hydrogen) atoms. The van der Waals surface area contributed by atoms with Crippen molar-refractivity contribution < 1.29 is 28.7 Å². The summed E-state index contributed by atoms with van der Waals surface area (Å²) in [6.07, 6.45) is 2.49. The number of nitrogens with zero attached hydrogens (tertiary/aromatic N) is 2. The maximum absolute atomic E-state index is 13.9. The van der Waals surface area contributed by atoms with Gasteiger partial charge in [0.2, 0.25) is 23.6 Å². The lowest BCUT2D eigenvalue weighted by atomic mass is 9.90. The van der Waals surface area contributed by atoms with Gasteiger partial charge in [0.15, 0.2) is 0 Å². The smallest absolute Gasteiger partial charge is 0.242 e. The van der Waals surface area contributed by atoms with E-state index >= 15 is 0 Å². The number of hydrogen-bond donors (Lipinski definition) is 2. The van der Waals surface area contributed by atoms with Gasteiger partial charge in [0.1, 0.15) is 0 Å². The van der Waals surface area contributed by atoms with E-state index in [1.807, 2.05) is 76.8 Å². The molecule has 7 atom stereocenters. The SMILES string of the molecule is CCC(C)C(C(CC(=O)N1CCC[C@H]1[C@H](OC)C(C)C(=O)N[C@H](C)Cc1ccccc1)OC)N(C)C(=O)CNC(=O)CC(C)C. The highest BCUT2D eigenvalue weighted by Gasteiger charge is 2.42. The van der Waals surface area contributed by atoms with Crippen LogP contribution in [0.5, 0.6) is 0 Å².